The van der Waals surface area contributed by atoms with Crippen molar-refractivity contribution in [1.29, 1.82) is 0 Å². The standard InChI is InChI=1S/C15H22N2O2/c1-11-4-3-5-14(8-11)19-12(2)9-17-15(18)13-6-7-16-10-13/h3-5,8,12-13,16H,6-7,9-10H2,1-2H3,(H,17,18). The summed E-state index contributed by atoms with van der Waals surface area (Å²) in [4.78, 5) is 11.8. The maximum atomic E-state index is 11.8. The highest BCUT2D eigenvalue weighted by Crippen LogP contribution is 2.14. The third-order valence-corrected chi connectivity index (χ3v) is 3.32. The summed E-state index contributed by atoms with van der Waals surface area (Å²) < 4.78 is 5.78. The van der Waals surface area contributed by atoms with Crippen molar-refractivity contribution in [2.24, 2.45) is 5.92 Å². The Kier molecular flexibility index (Phi) is 4.80. The van der Waals surface area contributed by atoms with E-state index in [2.05, 4.69) is 10.6 Å². The molecule has 4 nitrogen and oxygen atoms in total. The lowest BCUT2D eigenvalue weighted by atomic mass is 10.1. The highest BCUT2D eigenvalue weighted by molar-refractivity contribution is 5.79. The Morgan fingerprint density at radius 1 is 1.58 bits per heavy atom. The van der Waals surface area contributed by atoms with Gasteiger partial charge in [-0.15, -0.1) is 0 Å². The molecule has 0 radical (unpaired) electrons. The fraction of sp³-hybridized carbons (Fsp3) is 0.533. The quantitative estimate of drug-likeness (QED) is 0.845. The normalized spacial score (nSPS) is 20.0. The molecule has 2 N–H and O–H groups in total. The van der Waals surface area contributed by atoms with Gasteiger partial charge in [0.25, 0.3) is 0 Å². The van der Waals surface area contributed by atoms with Crippen LogP contribution in [0.2, 0.25) is 0 Å². The Hall–Kier alpha value is -1.55. The first kappa shape index (κ1) is 13.9. The van der Waals surface area contributed by atoms with Crippen LogP contribution in [0.3, 0.4) is 0 Å². The van der Waals surface area contributed by atoms with E-state index in [1.165, 1.54) is 5.56 Å². The Balaban J connectivity index is 1.75. The molecule has 0 bridgehead atoms. The second-order valence-corrected chi connectivity index (χ2v) is 5.18. The van der Waals surface area contributed by atoms with E-state index in [4.69, 9.17) is 4.74 Å². The van der Waals surface area contributed by atoms with Gasteiger partial charge < -0.3 is 15.4 Å². The first-order valence-corrected chi connectivity index (χ1v) is 6.87. The minimum Gasteiger partial charge on any atom is -0.489 e. The number of carbonyl (C=O) groups is 1. The molecule has 0 aromatic heterocycles. The minimum absolute atomic E-state index is 0.0277. The summed E-state index contributed by atoms with van der Waals surface area (Å²) in [6, 6.07) is 7.94. The molecule has 2 rings (SSSR count). The Morgan fingerprint density at radius 2 is 2.42 bits per heavy atom. The Morgan fingerprint density at radius 3 is 3.11 bits per heavy atom. The number of amides is 1. The van der Waals surface area contributed by atoms with E-state index in [0.717, 1.165) is 25.3 Å². The van der Waals surface area contributed by atoms with E-state index in [9.17, 15) is 4.79 Å². The molecule has 1 aliphatic heterocycles. The summed E-state index contributed by atoms with van der Waals surface area (Å²) in [6.45, 7) is 6.28. The Bertz CT molecular complexity index is 428. The largest absolute Gasteiger partial charge is 0.489 e. The SMILES string of the molecule is Cc1cccc(OC(C)CNC(=O)C2CCNC2)c1. The maximum Gasteiger partial charge on any atom is 0.224 e. The van der Waals surface area contributed by atoms with E-state index in [1.807, 2.05) is 38.1 Å². The molecule has 104 valence electrons. The molecule has 1 saturated heterocycles. The van der Waals surface area contributed by atoms with Gasteiger partial charge in [-0.25, -0.2) is 0 Å². The van der Waals surface area contributed by atoms with Crippen molar-refractivity contribution in [2.75, 3.05) is 19.6 Å². The summed E-state index contributed by atoms with van der Waals surface area (Å²) in [7, 11) is 0. The van der Waals surface area contributed by atoms with Crippen LogP contribution in [0.4, 0.5) is 0 Å². The fourth-order valence-electron chi connectivity index (χ4n) is 2.23. The molecule has 4 heteroatoms. The van der Waals surface area contributed by atoms with E-state index < -0.39 is 0 Å². The third kappa shape index (κ3) is 4.24. The molecule has 0 saturated carbocycles. The second-order valence-electron chi connectivity index (χ2n) is 5.18. The number of carbonyl (C=O) groups excluding carboxylic acids is 1. The van der Waals surface area contributed by atoms with Crippen molar-refractivity contribution < 1.29 is 9.53 Å². The molecule has 2 atom stereocenters. The van der Waals surface area contributed by atoms with Gasteiger partial charge in [-0.05, 0) is 44.5 Å². The van der Waals surface area contributed by atoms with Crippen molar-refractivity contribution in [3.63, 3.8) is 0 Å². The van der Waals surface area contributed by atoms with Crippen LogP contribution < -0.4 is 15.4 Å². The van der Waals surface area contributed by atoms with E-state index >= 15 is 0 Å². The maximum absolute atomic E-state index is 11.8. The van der Waals surface area contributed by atoms with Crippen LogP contribution in [0.5, 0.6) is 5.75 Å². The number of hydrogen-bond acceptors (Lipinski definition) is 3. The number of hydrogen-bond donors (Lipinski definition) is 2. The molecule has 2 unspecified atom stereocenters. The molecule has 1 aliphatic rings. The van der Waals surface area contributed by atoms with Crippen molar-refractivity contribution in [3.8, 4) is 5.75 Å². The summed E-state index contributed by atoms with van der Waals surface area (Å²) in [6.07, 6.45) is 0.902. The molecule has 1 aromatic rings. The molecular weight excluding hydrogens is 240 g/mol. The van der Waals surface area contributed by atoms with E-state index in [-0.39, 0.29) is 17.9 Å². The van der Waals surface area contributed by atoms with Crippen molar-refractivity contribution in [1.82, 2.24) is 10.6 Å². The zero-order chi connectivity index (χ0) is 13.7. The lowest BCUT2D eigenvalue weighted by molar-refractivity contribution is -0.124. The molecule has 19 heavy (non-hydrogen) atoms. The molecule has 1 amide bonds. The lowest BCUT2D eigenvalue weighted by Gasteiger charge is -2.17. The summed E-state index contributed by atoms with van der Waals surface area (Å²) in [5.74, 6) is 1.10. The van der Waals surface area contributed by atoms with Crippen LogP contribution in [0, 0.1) is 12.8 Å². The summed E-state index contributed by atoms with van der Waals surface area (Å²) in [5.41, 5.74) is 1.17. The van der Waals surface area contributed by atoms with E-state index in [0.29, 0.717) is 6.54 Å². The first-order valence-electron chi connectivity index (χ1n) is 6.87. The van der Waals surface area contributed by atoms with Crippen LogP contribution in [-0.4, -0.2) is 31.6 Å². The number of rotatable bonds is 5. The van der Waals surface area contributed by atoms with Gasteiger partial charge in [-0.2, -0.15) is 0 Å². The van der Waals surface area contributed by atoms with Gasteiger partial charge in [0, 0.05) is 6.54 Å². The highest BCUT2D eigenvalue weighted by Gasteiger charge is 2.22. The predicted octanol–water partition coefficient (Wildman–Crippen LogP) is 1.49. The fourth-order valence-corrected chi connectivity index (χ4v) is 2.23. The number of aryl methyl sites for hydroxylation is 1. The van der Waals surface area contributed by atoms with Gasteiger partial charge in [0.1, 0.15) is 11.9 Å². The monoisotopic (exact) mass is 262 g/mol. The molecule has 0 aliphatic carbocycles. The molecule has 1 heterocycles. The molecular formula is C15H22N2O2. The zero-order valence-corrected chi connectivity index (χ0v) is 11.6. The van der Waals surface area contributed by atoms with Gasteiger partial charge in [-0.3, -0.25) is 4.79 Å². The van der Waals surface area contributed by atoms with Crippen molar-refractivity contribution in [2.45, 2.75) is 26.4 Å². The second kappa shape index (κ2) is 6.57. The summed E-state index contributed by atoms with van der Waals surface area (Å²) in [5, 5.41) is 6.15. The van der Waals surface area contributed by atoms with Crippen LogP contribution in [0.1, 0.15) is 18.9 Å². The molecule has 0 spiro atoms. The topological polar surface area (TPSA) is 50.4 Å². The van der Waals surface area contributed by atoms with E-state index in [1.54, 1.807) is 0 Å². The highest BCUT2D eigenvalue weighted by atomic mass is 16.5. The van der Waals surface area contributed by atoms with Crippen LogP contribution in [-0.2, 0) is 4.79 Å². The Labute approximate surface area is 114 Å². The van der Waals surface area contributed by atoms with Crippen LogP contribution in [0.15, 0.2) is 24.3 Å². The smallest absolute Gasteiger partial charge is 0.224 e. The molecule has 1 aromatic carbocycles. The molecule has 1 fully saturated rings. The lowest BCUT2D eigenvalue weighted by Crippen LogP contribution is -2.38. The van der Waals surface area contributed by atoms with Gasteiger partial charge in [0.2, 0.25) is 5.91 Å². The summed E-state index contributed by atoms with van der Waals surface area (Å²) >= 11 is 0. The van der Waals surface area contributed by atoms with Crippen molar-refractivity contribution in [3.05, 3.63) is 29.8 Å². The van der Waals surface area contributed by atoms with Gasteiger partial charge >= 0.3 is 0 Å². The number of nitrogens with one attached hydrogen (secondary N) is 2. The first-order chi connectivity index (χ1) is 9.15. The average Bonchev–Trinajstić information content (AvgIpc) is 2.90. The number of ether oxygens (including phenoxy) is 1. The number of benzene rings is 1. The average molecular weight is 262 g/mol. The van der Waals surface area contributed by atoms with Gasteiger partial charge in [0.05, 0.1) is 12.5 Å². The predicted molar refractivity (Wildman–Crippen MR) is 75.3 cm³/mol. The minimum atomic E-state index is -0.0277. The zero-order valence-electron chi connectivity index (χ0n) is 11.6. The van der Waals surface area contributed by atoms with Crippen molar-refractivity contribution >= 4 is 5.91 Å². The third-order valence-electron chi connectivity index (χ3n) is 3.32. The van der Waals surface area contributed by atoms with Gasteiger partial charge in [0.15, 0.2) is 0 Å². The van der Waals surface area contributed by atoms with Gasteiger partial charge in [-0.1, -0.05) is 12.1 Å². The van der Waals surface area contributed by atoms with Crippen LogP contribution in [0.25, 0.3) is 0 Å². The van der Waals surface area contributed by atoms with Crippen LogP contribution >= 0.6 is 0 Å².